The average Bonchev–Trinajstić information content (AvgIpc) is 2.85. The number of amides is 1. The van der Waals surface area contributed by atoms with E-state index in [1.54, 1.807) is 6.07 Å². The Kier molecular flexibility index (Phi) is 3.81. The van der Waals surface area contributed by atoms with E-state index in [0.29, 0.717) is 0 Å². The van der Waals surface area contributed by atoms with E-state index in [1.165, 1.54) is 24.5 Å². The van der Waals surface area contributed by atoms with Crippen molar-refractivity contribution in [1.29, 1.82) is 5.26 Å². The molecule has 0 fully saturated rings. The third-order valence-corrected chi connectivity index (χ3v) is 3.06. The Hall–Kier alpha value is -2.66. The van der Waals surface area contributed by atoms with Crippen molar-refractivity contribution in [2.75, 3.05) is 5.32 Å². The van der Waals surface area contributed by atoms with E-state index in [4.69, 9.17) is 9.68 Å². The summed E-state index contributed by atoms with van der Waals surface area (Å²) in [7, 11) is 0. The predicted octanol–water partition coefficient (Wildman–Crippen LogP) is 3.07. The van der Waals surface area contributed by atoms with Crippen molar-refractivity contribution < 1.29 is 14.1 Å². The average molecular weight is 336 g/mol. The number of anilines is 1. The molecule has 0 saturated heterocycles. The Morgan fingerprint density at radius 3 is 2.75 bits per heavy atom. The Balaban J connectivity index is 2.31. The minimum Gasteiger partial charge on any atom is -0.457 e. The number of carbonyl (C=O) groups excluding carboxylic acids is 1. The standard InChI is InChI=1S/C12H6BrN3O4/c13-11-9(3-4-20-11)12(17)15-10-2-1-8(16(18)19)5-7(10)6-14/h1-5H,(H,15,17). The molecule has 1 amide bonds. The monoisotopic (exact) mass is 335 g/mol. The third kappa shape index (κ3) is 2.67. The van der Waals surface area contributed by atoms with Crippen LogP contribution in [0.1, 0.15) is 15.9 Å². The third-order valence-electron chi connectivity index (χ3n) is 2.45. The molecule has 100 valence electrons. The maximum absolute atomic E-state index is 11.9. The smallest absolute Gasteiger partial charge is 0.270 e. The van der Waals surface area contributed by atoms with Crippen LogP contribution in [-0.2, 0) is 0 Å². The zero-order valence-electron chi connectivity index (χ0n) is 9.79. The summed E-state index contributed by atoms with van der Waals surface area (Å²) in [6.07, 6.45) is 1.33. The molecule has 20 heavy (non-hydrogen) atoms. The number of nitriles is 1. The fraction of sp³-hybridized carbons (Fsp3) is 0. The van der Waals surface area contributed by atoms with Crippen LogP contribution in [0, 0.1) is 21.4 Å². The molecule has 8 heteroatoms. The molecule has 7 nitrogen and oxygen atoms in total. The number of benzene rings is 1. The number of hydrogen-bond acceptors (Lipinski definition) is 5. The van der Waals surface area contributed by atoms with Gasteiger partial charge in [0.25, 0.3) is 11.6 Å². The lowest BCUT2D eigenvalue weighted by Gasteiger charge is -2.05. The molecular formula is C12H6BrN3O4. The van der Waals surface area contributed by atoms with Crippen LogP contribution in [0.3, 0.4) is 0 Å². The Morgan fingerprint density at radius 2 is 2.20 bits per heavy atom. The Morgan fingerprint density at radius 1 is 1.45 bits per heavy atom. The number of nitro groups is 1. The summed E-state index contributed by atoms with van der Waals surface area (Å²) in [5, 5.41) is 22.1. The van der Waals surface area contributed by atoms with Crippen LogP contribution in [0.15, 0.2) is 39.6 Å². The molecule has 2 rings (SSSR count). The molecule has 1 aromatic heterocycles. The van der Waals surface area contributed by atoms with Crippen molar-refractivity contribution in [3.8, 4) is 6.07 Å². The first-order valence-corrected chi connectivity index (χ1v) is 6.05. The molecule has 0 aliphatic heterocycles. The zero-order valence-corrected chi connectivity index (χ0v) is 11.4. The number of hydrogen-bond donors (Lipinski definition) is 1. The van der Waals surface area contributed by atoms with E-state index in [-0.39, 0.29) is 27.2 Å². The summed E-state index contributed by atoms with van der Waals surface area (Å²) in [6, 6.07) is 6.87. The zero-order chi connectivity index (χ0) is 14.7. The van der Waals surface area contributed by atoms with E-state index < -0.39 is 10.8 Å². The fourth-order valence-electron chi connectivity index (χ4n) is 1.49. The Bertz CT molecular complexity index is 733. The number of halogens is 1. The number of nitro benzene ring substituents is 1. The van der Waals surface area contributed by atoms with Crippen molar-refractivity contribution in [3.05, 3.63) is 56.4 Å². The summed E-state index contributed by atoms with van der Waals surface area (Å²) in [6.45, 7) is 0. The minimum atomic E-state index is -0.612. The molecule has 0 bridgehead atoms. The van der Waals surface area contributed by atoms with Crippen LogP contribution < -0.4 is 5.32 Å². The molecule has 0 unspecified atom stereocenters. The van der Waals surface area contributed by atoms with Gasteiger partial charge in [0.15, 0.2) is 4.67 Å². The number of carbonyl (C=O) groups is 1. The molecule has 0 spiro atoms. The molecule has 0 saturated carbocycles. The van der Waals surface area contributed by atoms with Crippen LogP contribution in [0.25, 0.3) is 0 Å². The quantitative estimate of drug-likeness (QED) is 0.684. The number of nitrogens with zero attached hydrogens (tertiary/aromatic N) is 2. The van der Waals surface area contributed by atoms with E-state index in [0.717, 1.165) is 6.07 Å². The van der Waals surface area contributed by atoms with Crippen LogP contribution in [0.5, 0.6) is 0 Å². The molecule has 0 aliphatic rings. The van der Waals surface area contributed by atoms with E-state index in [9.17, 15) is 14.9 Å². The second-order valence-electron chi connectivity index (χ2n) is 3.66. The summed E-state index contributed by atoms with van der Waals surface area (Å²) >= 11 is 3.06. The maximum atomic E-state index is 11.9. The second-order valence-corrected chi connectivity index (χ2v) is 4.38. The highest BCUT2D eigenvalue weighted by Crippen LogP contribution is 2.23. The first kappa shape index (κ1) is 13.8. The SMILES string of the molecule is N#Cc1cc([N+](=O)[O-])ccc1NC(=O)c1ccoc1Br. The lowest BCUT2D eigenvalue weighted by Crippen LogP contribution is -2.12. The van der Waals surface area contributed by atoms with Gasteiger partial charge in [-0.05, 0) is 28.1 Å². The first-order valence-electron chi connectivity index (χ1n) is 5.26. The van der Waals surface area contributed by atoms with Gasteiger partial charge in [-0.25, -0.2) is 0 Å². The minimum absolute atomic E-state index is 0.00664. The van der Waals surface area contributed by atoms with Gasteiger partial charge in [-0.3, -0.25) is 14.9 Å². The van der Waals surface area contributed by atoms with Gasteiger partial charge < -0.3 is 9.73 Å². The highest BCUT2D eigenvalue weighted by atomic mass is 79.9. The van der Waals surface area contributed by atoms with Gasteiger partial charge >= 0.3 is 0 Å². The van der Waals surface area contributed by atoms with Crippen LogP contribution in [0.4, 0.5) is 11.4 Å². The topological polar surface area (TPSA) is 109 Å². The molecular weight excluding hydrogens is 330 g/mol. The van der Waals surface area contributed by atoms with Crippen LogP contribution >= 0.6 is 15.9 Å². The number of nitrogens with one attached hydrogen (secondary N) is 1. The van der Waals surface area contributed by atoms with E-state index >= 15 is 0 Å². The summed E-state index contributed by atoms with van der Waals surface area (Å²) < 4.78 is 5.19. The van der Waals surface area contributed by atoms with Crippen molar-refractivity contribution in [3.63, 3.8) is 0 Å². The fourth-order valence-corrected chi connectivity index (χ4v) is 1.91. The van der Waals surface area contributed by atoms with Crippen molar-refractivity contribution in [1.82, 2.24) is 0 Å². The lowest BCUT2D eigenvalue weighted by atomic mass is 10.1. The molecule has 1 aromatic carbocycles. The van der Waals surface area contributed by atoms with Gasteiger partial charge in [-0.1, -0.05) is 0 Å². The van der Waals surface area contributed by atoms with Crippen molar-refractivity contribution >= 4 is 33.2 Å². The second kappa shape index (κ2) is 5.54. The largest absolute Gasteiger partial charge is 0.457 e. The summed E-state index contributed by atoms with van der Waals surface area (Å²) in [5.74, 6) is -0.490. The summed E-state index contributed by atoms with van der Waals surface area (Å²) in [5.41, 5.74) is 0.236. The van der Waals surface area contributed by atoms with Gasteiger partial charge in [0.1, 0.15) is 6.07 Å². The maximum Gasteiger partial charge on any atom is 0.270 e. The molecule has 1 N–H and O–H groups in total. The van der Waals surface area contributed by atoms with Gasteiger partial charge in [-0.2, -0.15) is 5.26 Å². The lowest BCUT2D eigenvalue weighted by molar-refractivity contribution is -0.384. The van der Waals surface area contributed by atoms with Crippen LogP contribution in [0.2, 0.25) is 0 Å². The molecule has 0 aliphatic carbocycles. The number of furan rings is 1. The molecule has 0 radical (unpaired) electrons. The highest BCUT2D eigenvalue weighted by Gasteiger charge is 2.16. The number of non-ortho nitro benzene ring substituents is 1. The summed E-state index contributed by atoms with van der Waals surface area (Å²) in [4.78, 5) is 22.0. The van der Waals surface area contributed by atoms with Crippen LogP contribution in [-0.4, -0.2) is 10.8 Å². The Labute approximate surface area is 121 Å². The van der Waals surface area contributed by atoms with Crippen molar-refractivity contribution in [2.24, 2.45) is 0 Å². The van der Waals surface area contributed by atoms with Crippen molar-refractivity contribution in [2.45, 2.75) is 0 Å². The molecule has 0 atom stereocenters. The predicted molar refractivity (Wildman–Crippen MR) is 72.2 cm³/mol. The van der Waals surface area contributed by atoms with E-state index in [1.807, 2.05) is 0 Å². The van der Waals surface area contributed by atoms with E-state index in [2.05, 4.69) is 21.2 Å². The van der Waals surface area contributed by atoms with Gasteiger partial charge in [0.05, 0.1) is 28.0 Å². The number of rotatable bonds is 3. The normalized spacial score (nSPS) is 9.80. The van der Waals surface area contributed by atoms with Gasteiger partial charge in [-0.15, -0.1) is 0 Å². The molecule has 1 heterocycles. The first-order chi connectivity index (χ1) is 9.52. The van der Waals surface area contributed by atoms with Gasteiger partial charge in [0, 0.05) is 12.1 Å². The molecule has 2 aromatic rings. The highest BCUT2D eigenvalue weighted by molar-refractivity contribution is 9.10. The van der Waals surface area contributed by atoms with Gasteiger partial charge in [0.2, 0.25) is 0 Å².